The van der Waals surface area contributed by atoms with Gasteiger partial charge in [-0.15, -0.1) is 0 Å². The molecular formula is C10H18N2O2. The Morgan fingerprint density at radius 2 is 2.36 bits per heavy atom. The number of hydrogen-bond donors (Lipinski definition) is 1. The Bertz CT molecular complexity index is 220. The molecule has 0 unspecified atom stereocenters. The highest BCUT2D eigenvalue weighted by Crippen LogP contribution is 2.19. The Kier molecular flexibility index (Phi) is 2.91. The second kappa shape index (κ2) is 4.17. The van der Waals surface area contributed by atoms with Crippen molar-refractivity contribution < 1.29 is 9.53 Å². The standard InChI is InChI=1S/C10H18N2O2/c1-8-9(4-2-5-11-8)12-6-3-7-14-10(12)13/h8-9,11H,2-7H2,1H3/t8-,9-/m0/s1. The molecule has 0 aliphatic carbocycles. The van der Waals surface area contributed by atoms with Crippen molar-refractivity contribution in [2.24, 2.45) is 0 Å². The van der Waals surface area contributed by atoms with Crippen LogP contribution >= 0.6 is 0 Å². The molecule has 0 aromatic rings. The van der Waals surface area contributed by atoms with Gasteiger partial charge in [-0.3, -0.25) is 0 Å². The summed E-state index contributed by atoms with van der Waals surface area (Å²) in [5.41, 5.74) is 0. The van der Waals surface area contributed by atoms with E-state index in [-0.39, 0.29) is 6.09 Å². The first-order valence-electron chi connectivity index (χ1n) is 5.46. The molecule has 2 atom stereocenters. The quantitative estimate of drug-likeness (QED) is 0.682. The zero-order chi connectivity index (χ0) is 9.97. The lowest BCUT2D eigenvalue weighted by molar-refractivity contribution is 0.0410. The number of cyclic esters (lactones) is 1. The molecule has 0 saturated carbocycles. The average molecular weight is 198 g/mol. The molecule has 2 fully saturated rings. The van der Waals surface area contributed by atoms with Gasteiger partial charge in [0.25, 0.3) is 0 Å². The smallest absolute Gasteiger partial charge is 0.410 e. The van der Waals surface area contributed by atoms with Crippen molar-refractivity contribution in [1.29, 1.82) is 0 Å². The molecule has 4 nitrogen and oxygen atoms in total. The number of amides is 1. The molecule has 1 N–H and O–H groups in total. The third-order valence-corrected chi connectivity index (χ3v) is 3.12. The second-order valence-electron chi connectivity index (χ2n) is 4.11. The summed E-state index contributed by atoms with van der Waals surface area (Å²) in [5, 5.41) is 3.40. The summed E-state index contributed by atoms with van der Waals surface area (Å²) >= 11 is 0. The van der Waals surface area contributed by atoms with E-state index in [2.05, 4.69) is 12.2 Å². The van der Waals surface area contributed by atoms with Crippen molar-refractivity contribution in [3.63, 3.8) is 0 Å². The summed E-state index contributed by atoms with van der Waals surface area (Å²) in [6.45, 7) is 4.66. The van der Waals surface area contributed by atoms with Crippen LogP contribution in [0.25, 0.3) is 0 Å². The maximum atomic E-state index is 11.5. The number of nitrogens with one attached hydrogen (secondary N) is 1. The van der Waals surface area contributed by atoms with Crippen molar-refractivity contribution in [1.82, 2.24) is 10.2 Å². The Morgan fingerprint density at radius 1 is 1.50 bits per heavy atom. The van der Waals surface area contributed by atoms with Crippen LogP contribution in [0.15, 0.2) is 0 Å². The Hall–Kier alpha value is -0.770. The molecule has 4 heteroatoms. The van der Waals surface area contributed by atoms with E-state index in [0.717, 1.165) is 32.4 Å². The van der Waals surface area contributed by atoms with Gasteiger partial charge in [-0.05, 0) is 32.7 Å². The molecule has 80 valence electrons. The highest BCUT2D eigenvalue weighted by atomic mass is 16.6. The summed E-state index contributed by atoms with van der Waals surface area (Å²) in [6.07, 6.45) is 3.09. The van der Waals surface area contributed by atoms with E-state index in [1.165, 1.54) is 0 Å². The number of ether oxygens (including phenoxy) is 1. The predicted octanol–water partition coefficient (Wildman–Crippen LogP) is 0.969. The zero-order valence-corrected chi connectivity index (χ0v) is 8.66. The summed E-state index contributed by atoms with van der Waals surface area (Å²) in [5.74, 6) is 0. The van der Waals surface area contributed by atoms with Gasteiger partial charge in [-0.25, -0.2) is 4.79 Å². The van der Waals surface area contributed by atoms with Gasteiger partial charge in [0.2, 0.25) is 0 Å². The number of nitrogens with zero attached hydrogens (tertiary/aromatic N) is 1. The van der Waals surface area contributed by atoms with Crippen molar-refractivity contribution in [3.05, 3.63) is 0 Å². The lowest BCUT2D eigenvalue weighted by Gasteiger charge is -2.40. The molecule has 2 saturated heterocycles. The van der Waals surface area contributed by atoms with Gasteiger partial charge >= 0.3 is 6.09 Å². The van der Waals surface area contributed by atoms with Crippen molar-refractivity contribution >= 4 is 6.09 Å². The normalized spacial score (nSPS) is 34.1. The fourth-order valence-corrected chi connectivity index (χ4v) is 2.32. The molecule has 0 radical (unpaired) electrons. The van der Waals surface area contributed by atoms with E-state index < -0.39 is 0 Å². The SMILES string of the molecule is C[C@@H]1NCCC[C@@H]1N1CCCOC1=O. The lowest BCUT2D eigenvalue weighted by atomic mass is 9.98. The third-order valence-electron chi connectivity index (χ3n) is 3.12. The number of hydrogen-bond acceptors (Lipinski definition) is 3. The molecule has 14 heavy (non-hydrogen) atoms. The molecule has 1 amide bonds. The average Bonchev–Trinajstić information content (AvgIpc) is 2.20. The van der Waals surface area contributed by atoms with E-state index in [1.54, 1.807) is 0 Å². The number of carbonyl (C=O) groups is 1. The summed E-state index contributed by atoms with van der Waals surface area (Å²) < 4.78 is 5.05. The van der Waals surface area contributed by atoms with Crippen LogP contribution in [0.5, 0.6) is 0 Å². The first kappa shape index (κ1) is 9.77. The monoisotopic (exact) mass is 198 g/mol. The summed E-state index contributed by atoms with van der Waals surface area (Å²) in [7, 11) is 0. The first-order chi connectivity index (χ1) is 6.79. The van der Waals surface area contributed by atoms with Crippen molar-refractivity contribution in [3.8, 4) is 0 Å². The minimum absolute atomic E-state index is 0.128. The number of carbonyl (C=O) groups excluding carboxylic acids is 1. The van der Waals surface area contributed by atoms with Crippen LogP contribution in [0, 0.1) is 0 Å². The van der Waals surface area contributed by atoms with Crippen LogP contribution in [-0.2, 0) is 4.74 Å². The van der Waals surface area contributed by atoms with Crippen LogP contribution in [0.4, 0.5) is 4.79 Å². The molecule has 2 aliphatic rings. The Balaban J connectivity index is 2.00. The first-order valence-corrected chi connectivity index (χ1v) is 5.46. The maximum Gasteiger partial charge on any atom is 0.410 e. The molecule has 0 bridgehead atoms. The predicted molar refractivity (Wildman–Crippen MR) is 53.2 cm³/mol. The minimum atomic E-state index is -0.128. The highest BCUT2D eigenvalue weighted by molar-refractivity contribution is 5.68. The van der Waals surface area contributed by atoms with Gasteiger partial charge in [0, 0.05) is 12.6 Å². The Labute approximate surface area is 84.6 Å². The molecule has 0 aromatic heterocycles. The van der Waals surface area contributed by atoms with Gasteiger partial charge in [0.1, 0.15) is 0 Å². The highest BCUT2D eigenvalue weighted by Gasteiger charge is 2.32. The van der Waals surface area contributed by atoms with Gasteiger partial charge in [0.05, 0.1) is 12.6 Å². The van der Waals surface area contributed by atoms with E-state index in [4.69, 9.17) is 4.74 Å². The van der Waals surface area contributed by atoms with Crippen molar-refractivity contribution in [2.45, 2.75) is 38.3 Å². The number of piperidine rings is 1. The van der Waals surface area contributed by atoms with Gasteiger partial charge in [-0.1, -0.05) is 0 Å². The molecule has 2 rings (SSSR count). The molecule has 0 spiro atoms. The molecule has 2 aliphatic heterocycles. The topological polar surface area (TPSA) is 41.6 Å². The van der Waals surface area contributed by atoms with Crippen LogP contribution in [0.1, 0.15) is 26.2 Å². The van der Waals surface area contributed by atoms with Crippen LogP contribution in [0.2, 0.25) is 0 Å². The van der Waals surface area contributed by atoms with E-state index in [0.29, 0.717) is 18.7 Å². The maximum absolute atomic E-state index is 11.5. The molecule has 2 heterocycles. The molecular weight excluding hydrogens is 180 g/mol. The van der Waals surface area contributed by atoms with Crippen LogP contribution in [0.3, 0.4) is 0 Å². The van der Waals surface area contributed by atoms with Gasteiger partial charge in [-0.2, -0.15) is 0 Å². The largest absolute Gasteiger partial charge is 0.449 e. The minimum Gasteiger partial charge on any atom is -0.449 e. The summed E-state index contributed by atoms with van der Waals surface area (Å²) in [4.78, 5) is 13.4. The third kappa shape index (κ3) is 1.85. The van der Waals surface area contributed by atoms with Crippen LogP contribution in [-0.4, -0.2) is 42.8 Å². The van der Waals surface area contributed by atoms with Crippen molar-refractivity contribution in [2.75, 3.05) is 19.7 Å². The summed E-state index contributed by atoms with van der Waals surface area (Å²) in [6, 6.07) is 0.728. The Morgan fingerprint density at radius 3 is 3.07 bits per heavy atom. The molecule has 0 aromatic carbocycles. The lowest BCUT2D eigenvalue weighted by Crippen LogP contribution is -2.55. The van der Waals surface area contributed by atoms with Crippen LogP contribution < -0.4 is 5.32 Å². The van der Waals surface area contributed by atoms with E-state index in [9.17, 15) is 4.79 Å². The zero-order valence-electron chi connectivity index (χ0n) is 8.66. The fourth-order valence-electron chi connectivity index (χ4n) is 2.32. The van der Waals surface area contributed by atoms with Gasteiger partial charge in [0.15, 0.2) is 0 Å². The van der Waals surface area contributed by atoms with Gasteiger partial charge < -0.3 is 15.0 Å². The fraction of sp³-hybridized carbons (Fsp3) is 0.900. The number of rotatable bonds is 1. The second-order valence-corrected chi connectivity index (χ2v) is 4.11. The van der Waals surface area contributed by atoms with E-state index in [1.807, 2.05) is 4.90 Å². The van der Waals surface area contributed by atoms with E-state index >= 15 is 0 Å².